The molecule has 3 rings (SSSR count). The zero-order valence-corrected chi connectivity index (χ0v) is 17.0. The van der Waals surface area contributed by atoms with Gasteiger partial charge in [0.2, 0.25) is 5.91 Å². The van der Waals surface area contributed by atoms with E-state index in [4.69, 9.17) is 12.2 Å². The smallest absolute Gasteiger partial charge is 0.253 e. The summed E-state index contributed by atoms with van der Waals surface area (Å²) in [5.41, 5.74) is 1.86. The molecule has 0 aliphatic heterocycles. The van der Waals surface area contributed by atoms with Gasteiger partial charge in [-0.2, -0.15) is 0 Å². The SMILES string of the molecule is C=CCNC(=O)c1ccccc1NC(=S)NC(=O)/C=C/c1cccc2ccccc12. The molecule has 0 saturated carbocycles. The third kappa shape index (κ3) is 5.40. The van der Waals surface area contributed by atoms with Crippen LogP contribution in [-0.4, -0.2) is 23.5 Å². The van der Waals surface area contributed by atoms with Gasteiger partial charge < -0.3 is 10.6 Å². The fraction of sp³-hybridized carbons (Fsp3) is 0.0417. The predicted molar refractivity (Wildman–Crippen MR) is 126 cm³/mol. The number of nitrogens with one attached hydrogen (secondary N) is 3. The number of benzene rings is 3. The molecule has 0 fully saturated rings. The van der Waals surface area contributed by atoms with Gasteiger partial charge in [-0.25, -0.2) is 0 Å². The highest BCUT2D eigenvalue weighted by Crippen LogP contribution is 2.19. The molecule has 3 aromatic rings. The minimum Gasteiger partial charge on any atom is -0.349 e. The number of fused-ring (bicyclic) bond motifs is 1. The Balaban J connectivity index is 1.65. The molecule has 6 heteroatoms. The van der Waals surface area contributed by atoms with Gasteiger partial charge in [-0.1, -0.05) is 60.7 Å². The molecule has 3 aromatic carbocycles. The molecule has 30 heavy (non-hydrogen) atoms. The van der Waals surface area contributed by atoms with Crippen LogP contribution in [0.15, 0.2) is 85.5 Å². The molecular weight excluding hydrogens is 394 g/mol. The van der Waals surface area contributed by atoms with Gasteiger partial charge in [0.1, 0.15) is 0 Å². The molecule has 0 saturated heterocycles. The van der Waals surface area contributed by atoms with Crippen molar-refractivity contribution in [3.05, 3.63) is 96.6 Å². The van der Waals surface area contributed by atoms with Crippen LogP contribution in [0.1, 0.15) is 15.9 Å². The maximum atomic E-state index is 12.3. The predicted octanol–water partition coefficient (Wildman–Crippen LogP) is 4.28. The van der Waals surface area contributed by atoms with Crippen LogP contribution < -0.4 is 16.0 Å². The number of rotatable bonds is 6. The summed E-state index contributed by atoms with van der Waals surface area (Å²) in [6.45, 7) is 3.94. The van der Waals surface area contributed by atoms with Crippen molar-refractivity contribution in [2.75, 3.05) is 11.9 Å². The topological polar surface area (TPSA) is 70.2 Å². The fourth-order valence-electron chi connectivity index (χ4n) is 2.92. The third-order valence-corrected chi connectivity index (χ3v) is 4.51. The Kier molecular flexibility index (Phi) is 7.08. The van der Waals surface area contributed by atoms with E-state index in [1.54, 1.807) is 36.4 Å². The first-order valence-electron chi connectivity index (χ1n) is 9.34. The molecule has 0 spiro atoms. The van der Waals surface area contributed by atoms with Gasteiger partial charge in [0.15, 0.2) is 5.11 Å². The quantitative estimate of drug-likeness (QED) is 0.319. The Morgan fingerprint density at radius 3 is 2.53 bits per heavy atom. The number of para-hydroxylation sites is 1. The van der Waals surface area contributed by atoms with E-state index in [0.29, 0.717) is 17.8 Å². The van der Waals surface area contributed by atoms with E-state index in [2.05, 4.69) is 22.5 Å². The van der Waals surface area contributed by atoms with Crippen LogP contribution >= 0.6 is 12.2 Å². The lowest BCUT2D eigenvalue weighted by molar-refractivity contribution is -0.115. The average molecular weight is 416 g/mol. The highest BCUT2D eigenvalue weighted by molar-refractivity contribution is 7.80. The van der Waals surface area contributed by atoms with Crippen LogP contribution in [0.25, 0.3) is 16.8 Å². The number of thiocarbonyl (C=S) groups is 1. The number of amides is 2. The van der Waals surface area contributed by atoms with Crippen molar-refractivity contribution >= 4 is 51.7 Å². The molecule has 0 aliphatic rings. The molecule has 3 N–H and O–H groups in total. The summed E-state index contributed by atoms with van der Waals surface area (Å²) in [4.78, 5) is 24.6. The normalized spacial score (nSPS) is 10.5. The van der Waals surface area contributed by atoms with Crippen LogP contribution in [0.5, 0.6) is 0 Å². The lowest BCUT2D eigenvalue weighted by Crippen LogP contribution is -2.34. The van der Waals surface area contributed by atoms with Crippen LogP contribution in [0, 0.1) is 0 Å². The molecule has 2 amide bonds. The van der Waals surface area contributed by atoms with Gasteiger partial charge in [-0.05, 0) is 46.8 Å². The van der Waals surface area contributed by atoms with E-state index in [-0.39, 0.29) is 16.9 Å². The van der Waals surface area contributed by atoms with E-state index in [1.807, 2.05) is 42.5 Å². The van der Waals surface area contributed by atoms with Gasteiger partial charge in [0.25, 0.3) is 5.91 Å². The lowest BCUT2D eigenvalue weighted by atomic mass is 10.0. The van der Waals surface area contributed by atoms with Crippen LogP contribution in [0.2, 0.25) is 0 Å². The van der Waals surface area contributed by atoms with Crippen LogP contribution in [0.4, 0.5) is 5.69 Å². The molecular formula is C24H21N3O2S. The first-order chi connectivity index (χ1) is 14.6. The van der Waals surface area contributed by atoms with Crippen molar-refractivity contribution in [2.45, 2.75) is 0 Å². The number of carbonyl (C=O) groups is 2. The Morgan fingerprint density at radius 1 is 0.967 bits per heavy atom. The monoisotopic (exact) mass is 415 g/mol. The molecule has 0 aromatic heterocycles. The second-order valence-corrected chi connectivity index (χ2v) is 6.80. The molecule has 0 bridgehead atoms. The van der Waals surface area contributed by atoms with Crippen LogP contribution in [0.3, 0.4) is 0 Å². The Bertz CT molecular complexity index is 1130. The summed E-state index contributed by atoms with van der Waals surface area (Å²) >= 11 is 5.23. The molecule has 0 atom stereocenters. The van der Waals surface area contributed by atoms with Gasteiger partial charge in [-0.3, -0.25) is 14.9 Å². The summed E-state index contributed by atoms with van der Waals surface area (Å²) < 4.78 is 0. The lowest BCUT2D eigenvalue weighted by Gasteiger charge is -2.12. The second kappa shape index (κ2) is 10.1. The fourth-order valence-corrected chi connectivity index (χ4v) is 3.13. The number of carbonyl (C=O) groups excluding carboxylic acids is 2. The zero-order valence-electron chi connectivity index (χ0n) is 16.2. The minimum absolute atomic E-state index is 0.103. The Hall–Kier alpha value is -3.77. The van der Waals surface area contributed by atoms with E-state index in [1.165, 1.54) is 6.08 Å². The summed E-state index contributed by atoms with van der Waals surface area (Å²) in [6.07, 6.45) is 4.77. The second-order valence-electron chi connectivity index (χ2n) is 6.39. The summed E-state index contributed by atoms with van der Waals surface area (Å²) in [5, 5.41) is 10.5. The average Bonchev–Trinajstić information content (AvgIpc) is 2.76. The van der Waals surface area contributed by atoms with Crippen molar-refractivity contribution in [3.8, 4) is 0 Å². The van der Waals surface area contributed by atoms with Gasteiger partial charge in [-0.15, -0.1) is 6.58 Å². The number of anilines is 1. The van der Waals surface area contributed by atoms with Crippen molar-refractivity contribution in [1.29, 1.82) is 0 Å². The van der Waals surface area contributed by atoms with Gasteiger partial charge in [0.05, 0.1) is 11.3 Å². The standard InChI is InChI=1S/C24H21N3O2S/c1-2-16-25-23(29)20-12-5-6-13-21(20)26-24(30)27-22(28)15-14-18-10-7-9-17-8-3-4-11-19(17)18/h2-15H,1,16H2,(H,25,29)(H2,26,27,28,30)/b15-14+. The number of hydrogen-bond acceptors (Lipinski definition) is 3. The Labute approximate surface area is 180 Å². The molecule has 5 nitrogen and oxygen atoms in total. The molecule has 0 radical (unpaired) electrons. The zero-order chi connectivity index (χ0) is 21.3. The summed E-state index contributed by atoms with van der Waals surface area (Å²) in [5.74, 6) is -0.628. The molecule has 0 aliphatic carbocycles. The Morgan fingerprint density at radius 2 is 1.70 bits per heavy atom. The third-order valence-electron chi connectivity index (χ3n) is 4.30. The first-order valence-corrected chi connectivity index (χ1v) is 9.75. The maximum Gasteiger partial charge on any atom is 0.253 e. The van der Waals surface area contributed by atoms with E-state index in [9.17, 15) is 9.59 Å². The molecule has 150 valence electrons. The van der Waals surface area contributed by atoms with Crippen molar-refractivity contribution in [3.63, 3.8) is 0 Å². The van der Waals surface area contributed by atoms with Crippen molar-refractivity contribution in [1.82, 2.24) is 10.6 Å². The first kappa shape index (κ1) is 21.0. The van der Waals surface area contributed by atoms with Crippen molar-refractivity contribution in [2.24, 2.45) is 0 Å². The minimum atomic E-state index is -0.367. The van der Waals surface area contributed by atoms with Crippen molar-refractivity contribution < 1.29 is 9.59 Å². The largest absolute Gasteiger partial charge is 0.349 e. The summed E-state index contributed by atoms with van der Waals surface area (Å²) in [7, 11) is 0. The molecule has 0 unspecified atom stereocenters. The van der Waals surface area contributed by atoms with E-state index in [0.717, 1.165) is 16.3 Å². The highest BCUT2D eigenvalue weighted by atomic mass is 32.1. The van der Waals surface area contributed by atoms with Gasteiger partial charge in [0, 0.05) is 12.6 Å². The maximum absolute atomic E-state index is 12.3. The van der Waals surface area contributed by atoms with Crippen LogP contribution in [-0.2, 0) is 4.79 Å². The van der Waals surface area contributed by atoms with E-state index < -0.39 is 0 Å². The van der Waals surface area contributed by atoms with Gasteiger partial charge >= 0.3 is 0 Å². The summed E-state index contributed by atoms with van der Waals surface area (Å²) in [6, 6.07) is 20.8. The molecule has 0 heterocycles. The number of hydrogen-bond donors (Lipinski definition) is 3. The van der Waals surface area contributed by atoms with E-state index >= 15 is 0 Å². The highest BCUT2D eigenvalue weighted by Gasteiger charge is 2.11.